The minimum absolute atomic E-state index is 0.0826. The van der Waals surface area contributed by atoms with E-state index in [0.29, 0.717) is 37.6 Å². The number of hydrogen-bond donors (Lipinski definition) is 1. The number of anilines is 2. The van der Waals surface area contributed by atoms with Crippen molar-refractivity contribution in [2.75, 3.05) is 36.4 Å². The fourth-order valence-electron chi connectivity index (χ4n) is 3.76. The van der Waals surface area contributed by atoms with Crippen LogP contribution in [-0.4, -0.2) is 59.5 Å². The van der Waals surface area contributed by atoms with E-state index in [1.54, 1.807) is 26.0 Å². The molecule has 0 radical (unpaired) electrons. The largest absolute Gasteiger partial charge is 0.370 e. The Morgan fingerprint density at radius 2 is 1.73 bits per heavy atom. The number of hydrogen-bond acceptors (Lipinski definition) is 7. The molecule has 0 fully saturated rings. The molecule has 1 heterocycles. The maximum atomic E-state index is 13.0. The lowest BCUT2D eigenvalue weighted by Gasteiger charge is -2.26. The summed E-state index contributed by atoms with van der Waals surface area (Å²) in [6, 6.07) is 4.69. The quantitative estimate of drug-likeness (QED) is 0.386. The molecular weight excluding hydrogens is 448 g/mol. The molecular formula is C21H32N6O5S. The summed E-state index contributed by atoms with van der Waals surface area (Å²) in [5, 5.41) is 18.1. The van der Waals surface area contributed by atoms with Gasteiger partial charge in [0.15, 0.2) is 0 Å². The molecule has 0 aliphatic rings. The third-order valence-electron chi connectivity index (χ3n) is 5.51. The number of sulfonamides is 1. The average Bonchev–Trinajstić information content (AvgIpc) is 3.03. The molecule has 0 saturated heterocycles. The van der Waals surface area contributed by atoms with Gasteiger partial charge in [0.2, 0.25) is 15.9 Å². The highest BCUT2D eigenvalue weighted by Crippen LogP contribution is 2.30. The standard InChI is InChI=1S/C21H32N6O5S/c1-7-24(8-2)19-12-11-17(33(31,32)25(9-3)10-4)13-18(19)22-20(28)14-26-16(6)21(27(29)30)15(5)23-26/h11-13H,7-10,14H2,1-6H3,(H,22,28). The van der Waals surface area contributed by atoms with Crippen LogP contribution in [-0.2, 0) is 21.4 Å². The second-order valence-electron chi connectivity index (χ2n) is 7.42. The molecule has 0 atom stereocenters. The van der Waals surface area contributed by atoms with Gasteiger partial charge in [-0.2, -0.15) is 9.40 Å². The Morgan fingerprint density at radius 3 is 2.21 bits per heavy atom. The van der Waals surface area contributed by atoms with Gasteiger partial charge in [0, 0.05) is 26.2 Å². The predicted octanol–water partition coefficient (Wildman–Crippen LogP) is 2.92. The fourth-order valence-corrected chi connectivity index (χ4v) is 5.24. The van der Waals surface area contributed by atoms with E-state index in [1.807, 2.05) is 18.7 Å². The number of aryl methyl sites for hydroxylation is 1. The van der Waals surface area contributed by atoms with Gasteiger partial charge in [-0.15, -0.1) is 0 Å². The Balaban J connectivity index is 2.45. The van der Waals surface area contributed by atoms with Gasteiger partial charge >= 0.3 is 5.69 Å². The first-order valence-corrected chi connectivity index (χ1v) is 12.3. The van der Waals surface area contributed by atoms with Crippen LogP contribution >= 0.6 is 0 Å². The van der Waals surface area contributed by atoms with Crippen LogP contribution < -0.4 is 10.2 Å². The van der Waals surface area contributed by atoms with E-state index in [2.05, 4.69) is 10.4 Å². The van der Waals surface area contributed by atoms with Gasteiger partial charge in [-0.25, -0.2) is 8.42 Å². The number of benzene rings is 1. The molecule has 0 aliphatic heterocycles. The molecule has 1 N–H and O–H groups in total. The van der Waals surface area contributed by atoms with Gasteiger partial charge in [-0.05, 0) is 45.9 Å². The summed E-state index contributed by atoms with van der Waals surface area (Å²) in [6.45, 7) is 12.2. The molecule has 2 aromatic rings. The van der Waals surface area contributed by atoms with Crippen molar-refractivity contribution in [3.05, 3.63) is 39.7 Å². The maximum Gasteiger partial charge on any atom is 0.312 e. The Labute approximate surface area is 194 Å². The molecule has 12 heteroatoms. The number of aromatic nitrogens is 2. The van der Waals surface area contributed by atoms with E-state index >= 15 is 0 Å². The van der Waals surface area contributed by atoms with Crippen molar-refractivity contribution >= 4 is 33.0 Å². The number of nitrogens with one attached hydrogen (secondary N) is 1. The molecule has 1 aromatic heterocycles. The molecule has 0 unspecified atom stereocenters. The van der Waals surface area contributed by atoms with E-state index in [9.17, 15) is 23.3 Å². The minimum Gasteiger partial charge on any atom is -0.370 e. The average molecular weight is 481 g/mol. The van der Waals surface area contributed by atoms with Gasteiger partial charge in [0.1, 0.15) is 17.9 Å². The number of nitro groups is 1. The summed E-state index contributed by atoms with van der Waals surface area (Å²) >= 11 is 0. The second kappa shape index (κ2) is 10.8. The first kappa shape index (κ1) is 26.3. The van der Waals surface area contributed by atoms with Crippen molar-refractivity contribution in [2.24, 2.45) is 0 Å². The van der Waals surface area contributed by atoms with Crippen molar-refractivity contribution in [3.8, 4) is 0 Å². The van der Waals surface area contributed by atoms with Crippen LogP contribution in [0.2, 0.25) is 0 Å². The molecule has 2 rings (SSSR count). The zero-order valence-corrected chi connectivity index (χ0v) is 20.8. The van der Waals surface area contributed by atoms with Gasteiger partial charge in [-0.1, -0.05) is 13.8 Å². The van der Waals surface area contributed by atoms with Crippen LogP contribution in [0.3, 0.4) is 0 Å². The molecule has 1 aromatic carbocycles. The SMILES string of the molecule is CCN(CC)c1ccc(S(=O)(=O)N(CC)CC)cc1NC(=O)Cn1nc(C)c([N+](=O)[O-])c1C. The zero-order valence-electron chi connectivity index (χ0n) is 20.0. The van der Waals surface area contributed by atoms with Crippen LogP contribution in [0.25, 0.3) is 0 Å². The lowest BCUT2D eigenvalue weighted by molar-refractivity contribution is -0.386. The van der Waals surface area contributed by atoms with E-state index in [4.69, 9.17) is 0 Å². The summed E-state index contributed by atoms with van der Waals surface area (Å²) in [5.41, 5.74) is 1.41. The molecule has 0 bridgehead atoms. The van der Waals surface area contributed by atoms with Crippen molar-refractivity contribution in [1.29, 1.82) is 0 Å². The van der Waals surface area contributed by atoms with Crippen LogP contribution in [0.1, 0.15) is 39.1 Å². The van der Waals surface area contributed by atoms with Crippen LogP contribution in [0.4, 0.5) is 17.1 Å². The Bertz CT molecular complexity index is 1120. The molecule has 0 aliphatic carbocycles. The van der Waals surface area contributed by atoms with Gasteiger partial charge < -0.3 is 10.2 Å². The highest BCUT2D eigenvalue weighted by molar-refractivity contribution is 7.89. The third kappa shape index (κ3) is 5.50. The topological polar surface area (TPSA) is 131 Å². The molecule has 1 amide bonds. The summed E-state index contributed by atoms with van der Waals surface area (Å²) < 4.78 is 28.6. The van der Waals surface area contributed by atoms with E-state index in [0.717, 1.165) is 0 Å². The number of carbonyl (C=O) groups excluding carboxylic acids is 1. The highest BCUT2D eigenvalue weighted by Gasteiger charge is 2.25. The van der Waals surface area contributed by atoms with Crippen molar-refractivity contribution in [1.82, 2.24) is 14.1 Å². The van der Waals surface area contributed by atoms with Crippen LogP contribution in [0.5, 0.6) is 0 Å². The second-order valence-corrected chi connectivity index (χ2v) is 9.36. The summed E-state index contributed by atoms with van der Waals surface area (Å²) in [5.74, 6) is -0.471. The molecule has 0 saturated carbocycles. The molecule has 11 nitrogen and oxygen atoms in total. The predicted molar refractivity (Wildman–Crippen MR) is 127 cm³/mol. The van der Waals surface area contributed by atoms with Crippen molar-refractivity contribution < 1.29 is 18.1 Å². The Morgan fingerprint density at radius 1 is 1.12 bits per heavy atom. The van der Waals surface area contributed by atoms with Crippen molar-refractivity contribution in [2.45, 2.75) is 53.0 Å². The Hall–Kier alpha value is -2.99. The molecule has 0 spiro atoms. The van der Waals surface area contributed by atoms with E-state index in [1.165, 1.54) is 28.9 Å². The van der Waals surface area contributed by atoms with Crippen molar-refractivity contribution in [3.63, 3.8) is 0 Å². The van der Waals surface area contributed by atoms with E-state index in [-0.39, 0.29) is 28.5 Å². The fraction of sp³-hybridized carbons (Fsp3) is 0.524. The summed E-state index contributed by atoms with van der Waals surface area (Å²) in [6.07, 6.45) is 0. The van der Waals surface area contributed by atoms with Crippen LogP contribution in [0, 0.1) is 24.0 Å². The normalized spacial score (nSPS) is 11.6. The smallest absolute Gasteiger partial charge is 0.312 e. The highest BCUT2D eigenvalue weighted by atomic mass is 32.2. The first-order chi connectivity index (χ1) is 15.5. The molecule has 33 heavy (non-hydrogen) atoms. The minimum atomic E-state index is -3.72. The molecule has 182 valence electrons. The monoisotopic (exact) mass is 480 g/mol. The Kier molecular flexibility index (Phi) is 8.56. The summed E-state index contributed by atoms with van der Waals surface area (Å²) in [7, 11) is -3.72. The zero-order chi connectivity index (χ0) is 24.9. The van der Waals surface area contributed by atoms with Gasteiger partial charge in [-0.3, -0.25) is 19.6 Å². The lowest BCUT2D eigenvalue weighted by atomic mass is 10.2. The maximum absolute atomic E-state index is 13.0. The number of amides is 1. The van der Waals surface area contributed by atoms with Crippen LogP contribution in [0.15, 0.2) is 23.1 Å². The lowest BCUT2D eigenvalue weighted by Crippen LogP contribution is -2.31. The number of nitrogens with zero attached hydrogens (tertiary/aromatic N) is 5. The van der Waals surface area contributed by atoms with E-state index < -0.39 is 20.9 Å². The number of rotatable bonds is 11. The number of carbonyl (C=O) groups is 1. The van der Waals surface area contributed by atoms with Gasteiger partial charge in [0.05, 0.1) is 21.2 Å². The third-order valence-corrected chi connectivity index (χ3v) is 7.55. The summed E-state index contributed by atoms with van der Waals surface area (Å²) in [4.78, 5) is 25.7. The van der Waals surface area contributed by atoms with Gasteiger partial charge in [0.25, 0.3) is 0 Å². The first-order valence-electron chi connectivity index (χ1n) is 10.9.